The molecule has 0 N–H and O–H groups in total. The second kappa shape index (κ2) is 2.86. The van der Waals surface area contributed by atoms with Crippen molar-refractivity contribution in [1.29, 1.82) is 0 Å². The second-order valence-electron chi connectivity index (χ2n) is 5.08. The number of aldehydes is 1. The van der Waals surface area contributed by atoms with Crippen molar-refractivity contribution in [3.8, 4) is 0 Å². The minimum atomic E-state index is 0.0357. The molecule has 0 aromatic heterocycles. The Bertz CT molecular complexity index is 173. The van der Waals surface area contributed by atoms with E-state index >= 15 is 0 Å². The third-order valence-corrected chi connectivity index (χ3v) is 3.69. The van der Waals surface area contributed by atoms with Gasteiger partial charge in [0, 0.05) is 5.41 Å². The fraction of sp³-hybridized carbons (Fsp3) is 0.909. The van der Waals surface area contributed by atoms with Crippen LogP contribution in [0.4, 0.5) is 0 Å². The molecule has 2 rings (SSSR count). The van der Waals surface area contributed by atoms with Crippen molar-refractivity contribution in [3.05, 3.63) is 0 Å². The Labute approximate surface area is 74.5 Å². The smallest absolute Gasteiger partial charge is 0.125 e. The maximum absolute atomic E-state index is 10.9. The number of hydrogen-bond donors (Lipinski definition) is 0. The van der Waals surface area contributed by atoms with Gasteiger partial charge in [-0.15, -0.1) is 0 Å². The van der Waals surface area contributed by atoms with E-state index < -0.39 is 0 Å². The van der Waals surface area contributed by atoms with Gasteiger partial charge >= 0.3 is 0 Å². The van der Waals surface area contributed by atoms with Gasteiger partial charge in [-0.2, -0.15) is 0 Å². The van der Waals surface area contributed by atoms with Crippen molar-refractivity contribution in [2.75, 3.05) is 0 Å². The van der Waals surface area contributed by atoms with Gasteiger partial charge in [-0.3, -0.25) is 0 Å². The van der Waals surface area contributed by atoms with Crippen LogP contribution in [-0.4, -0.2) is 6.29 Å². The maximum Gasteiger partial charge on any atom is 0.125 e. The molecule has 0 radical (unpaired) electrons. The first-order chi connectivity index (χ1) is 5.72. The Hall–Kier alpha value is -0.330. The first kappa shape index (κ1) is 8.28. The van der Waals surface area contributed by atoms with Crippen LogP contribution >= 0.6 is 0 Å². The Balaban J connectivity index is 2.09. The van der Waals surface area contributed by atoms with Gasteiger partial charge in [0.25, 0.3) is 0 Å². The second-order valence-corrected chi connectivity index (χ2v) is 5.08. The van der Waals surface area contributed by atoms with E-state index in [4.69, 9.17) is 0 Å². The molecule has 2 saturated carbocycles. The van der Waals surface area contributed by atoms with E-state index in [1.165, 1.54) is 32.0 Å². The summed E-state index contributed by atoms with van der Waals surface area (Å²) in [5.41, 5.74) is 0.0357. The molecule has 0 heterocycles. The summed E-state index contributed by atoms with van der Waals surface area (Å²) >= 11 is 0. The van der Waals surface area contributed by atoms with E-state index in [0.717, 1.165) is 24.7 Å². The summed E-state index contributed by atoms with van der Waals surface area (Å²) in [6.45, 7) is 2.14. The summed E-state index contributed by atoms with van der Waals surface area (Å²) in [7, 11) is 0. The van der Waals surface area contributed by atoms with Gasteiger partial charge in [-0.1, -0.05) is 26.2 Å². The van der Waals surface area contributed by atoms with Gasteiger partial charge in [0.05, 0.1) is 0 Å². The molecule has 0 aromatic rings. The minimum absolute atomic E-state index is 0.0357. The zero-order chi connectivity index (χ0) is 8.60. The standard InChI is InChI=1S/C11H18O/c1-11(8-12)6-9-3-2-4-10(5-9)7-11/h8-10H,2-7H2,1H3. The lowest BCUT2D eigenvalue weighted by Gasteiger charge is -2.42. The molecule has 0 aromatic carbocycles. The Morgan fingerprint density at radius 1 is 1.25 bits per heavy atom. The summed E-state index contributed by atoms with van der Waals surface area (Å²) in [6, 6.07) is 0. The Morgan fingerprint density at radius 3 is 2.33 bits per heavy atom. The molecule has 2 aliphatic rings. The topological polar surface area (TPSA) is 17.1 Å². The number of rotatable bonds is 1. The van der Waals surface area contributed by atoms with Gasteiger partial charge in [0.15, 0.2) is 0 Å². The molecule has 2 atom stereocenters. The van der Waals surface area contributed by atoms with Crippen LogP contribution in [0, 0.1) is 17.3 Å². The average Bonchev–Trinajstić information content (AvgIpc) is 2.03. The molecule has 0 amide bonds. The lowest BCUT2D eigenvalue weighted by molar-refractivity contribution is -0.119. The van der Waals surface area contributed by atoms with Crippen LogP contribution in [0.3, 0.4) is 0 Å². The molecule has 2 bridgehead atoms. The summed E-state index contributed by atoms with van der Waals surface area (Å²) in [6.07, 6.45) is 9.09. The van der Waals surface area contributed by atoms with Crippen LogP contribution in [0.25, 0.3) is 0 Å². The van der Waals surface area contributed by atoms with E-state index in [-0.39, 0.29) is 5.41 Å². The monoisotopic (exact) mass is 166 g/mol. The fourth-order valence-electron chi connectivity index (χ4n) is 3.27. The van der Waals surface area contributed by atoms with E-state index in [9.17, 15) is 4.79 Å². The highest BCUT2D eigenvalue weighted by atomic mass is 16.1. The first-order valence-electron chi connectivity index (χ1n) is 5.18. The first-order valence-corrected chi connectivity index (χ1v) is 5.18. The third kappa shape index (κ3) is 1.41. The van der Waals surface area contributed by atoms with Crippen LogP contribution in [0.15, 0.2) is 0 Å². The molecule has 1 nitrogen and oxygen atoms in total. The quantitative estimate of drug-likeness (QED) is 0.547. The molecule has 12 heavy (non-hydrogen) atoms. The minimum Gasteiger partial charge on any atom is -0.303 e. The molecule has 0 aliphatic heterocycles. The third-order valence-electron chi connectivity index (χ3n) is 3.69. The highest BCUT2D eigenvalue weighted by Crippen LogP contribution is 2.47. The van der Waals surface area contributed by atoms with Crippen LogP contribution in [0.5, 0.6) is 0 Å². The molecular weight excluding hydrogens is 148 g/mol. The molecule has 2 aliphatic carbocycles. The van der Waals surface area contributed by atoms with E-state index in [1.807, 2.05) is 0 Å². The van der Waals surface area contributed by atoms with Crippen LogP contribution in [0.2, 0.25) is 0 Å². The van der Waals surface area contributed by atoms with Gasteiger partial charge in [-0.25, -0.2) is 0 Å². The van der Waals surface area contributed by atoms with Crippen LogP contribution in [0.1, 0.15) is 45.4 Å². The Morgan fingerprint density at radius 2 is 1.83 bits per heavy atom. The predicted molar refractivity (Wildman–Crippen MR) is 48.9 cm³/mol. The SMILES string of the molecule is CC1(C=O)CC2CCCC(C2)C1. The number of carbonyl (C=O) groups excluding carboxylic acids is 1. The maximum atomic E-state index is 10.9. The molecule has 0 saturated heterocycles. The van der Waals surface area contributed by atoms with Gasteiger partial charge in [0.2, 0.25) is 0 Å². The van der Waals surface area contributed by atoms with E-state index in [2.05, 4.69) is 6.92 Å². The molecule has 1 heteroatoms. The van der Waals surface area contributed by atoms with Crippen molar-refractivity contribution in [2.24, 2.45) is 17.3 Å². The number of hydrogen-bond acceptors (Lipinski definition) is 1. The largest absolute Gasteiger partial charge is 0.303 e. The highest BCUT2D eigenvalue weighted by Gasteiger charge is 2.38. The van der Waals surface area contributed by atoms with E-state index in [1.54, 1.807) is 0 Å². The van der Waals surface area contributed by atoms with Crippen molar-refractivity contribution in [3.63, 3.8) is 0 Å². The lowest BCUT2D eigenvalue weighted by atomic mass is 9.62. The summed E-state index contributed by atoms with van der Waals surface area (Å²) in [5, 5.41) is 0. The van der Waals surface area contributed by atoms with Crippen LogP contribution < -0.4 is 0 Å². The molecule has 2 unspecified atom stereocenters. The highest BCUT2D eigenvalue weighted by molar-refractivity contribution is 5.59. The van der Waals surface area contributed by atoms with Crippen molar-refractivity contribution in [2.45, 2.75) is 45.4 Å². The lowest BCUT2D eigenvalue weighted by Crippen LogP contribution is -2.34. The molecule has 0 spiro atoms. The summed E-state index contributed by atoms with van der Waals surface area (Å²) in [5.74, 6) is 1.74. The zero-order valence-electron chi connectivity index (χ0n) is 7.88. The fourth-order valence-corrected chi connectivity index (χ4v) is 3.27. The van der Waals surface area contributed by atoms with E-state index in [0.29, 0.717) is 0 Å². The van der Waals surface area contributed by atoms with Gasteiger partial charge < -0.3 is 4.79 Å². The van der Waals surface area contributed by atoms with Gasteiger partial charge in [0.1, 0.15) is 6.29 Å². The van der Waals surface area contributed by atoms with Crippen molar-refractivity contribution >= 4 is 6.29 Å². The van der Waals surface area contributed by atoms with Crippen molar-refractivity contribution < 1.29 is 4.79 Å². The van der Waals surface area contributed by atoms with Crippen LogP contribution in [-0.2, 0) is 4.79 Å². The average molecular weight is 166 g/mol. The zero-order valence-corrected chi connectivity index (χ0v) is 7.88. The Kier molecular flexibility index (Phi) is 1.97. The number of carbonyl (C=O) groups is 1. The molecule has 68 valence electrons. The normalized spacial score (nSPS) is 47.1. The van der Waals surface area contributed by atoms with Gasteiger partial charge in [-0.05, 0) is 31.1 Å². The molecule has 2 fully saturated rings. The van der Waals surface area contributed by atoms with Crippen molar-refractivity contribution in [1.82, 2.24) is 0 Å². The summed E-state index contributed by atoms with van der Waals surface area (Å²) in [4.78, 5) is 10.9. The predicted octanol–water partition coefficient (Wildman–Crippen LogP) is 2.79. The number of fused-ring (bicyclic) bond motifs is 2. The summed E-state index contributed by atoms with van der Waals surface area (Å²) < 4.78 is 0. The molecular formula is C11H18O.